The molecule has 4 rings (SSSR count). The van der Waals surface area contributed by atoms with Crippen LogP contribution in [0.3, 0.4) is 0 Å². The predicted octanol–water partition coefficient (Wildman–Crippen LogP) is 3.59. The smallest absolute Gasteiger partial charge is 0.272 e. The van der Waals surface area contributed by atoms with Crippen LogP contribution in [0.25, 0.3) is 0 Å². The van der Waals surface area contributed by atoms with Crippen molar-refractivity contribution in [3.05, 3.63) is 52.8 Å². The summed E-state index contributed by atoms with van der Waals surface area (Å²) in [7, 11) is 0. The number of carbonyl (C=O) groups excluding carboxylic acids is 1. The van der Waals surface area contributed by atoms with Crippen molar-refractivity contribution in [1.82, 2.24) is 20.4 Å². The first-order valence-electron chi connectivity index (χ1n) is 9.44. The number of amides is 1. The Kier molecular flexibility index (Phi) is 5.00. The third kappa shape index (κ3) is 3.79. The molecule has 26 heavy (non-hydrogen) atoms. The Morgan fingerprint density at radius 3 is 2.77 bits per heavy atom. The number of hydrogen-bond acceptors (Lipinski definition) is 3. The maximum Gasteiger partial charge on any atom is 0.272 e. The maximum absolute atomic E-state index is 12.8. The van der Waals surface area contributed by atoms with E-state index < -0.39 is 0 Å². The second-order valence-electron chi connectivity index (χ2n) is 7.56. The third-order valence-electron chi connectivity index (χ3n) is 5.60. The van der Waals surface area contributed by atoms with E-state index in [0.29, 0.717) is 28.6 Å². The Bertz CT molecular complexity index is 766. The molecular weight excluding hydrogens is 348 g/mol. The van der Waals surface area contributed by atoms with E-state index in [2.05, 4.69) is 22.7 Å². The first-order chi connectivity index (χ1) is 12.6. The molecule has 4 atom stereocenters. The minimum atomic E-state index is -0.105. The zero-order valence-electron chi connectivity index (χ0n) is 15.0. The van der Waals surface area contributed by atoms with Crippen molar-refractivity contribution in [3.63, 3.8) is 0 Å². The van der Waals surface area contributed by atoms with E-state index in [0.717, 1.165) is 37.9 Å². The topological polar surface area (TPSA) is 59.0 Å². The second-order valence-corrected chi connectivity index (χ2v) is 8.00. The van der Waals surface area contributed by atoms with E-state index >= 15 is 0 Å². The van der Waals surface area contributed by atoms with E-state index in [1.165, 1.54) is 0 Å². The van der Waals surface area contributed by atoms with Crippen LogP contribution in [0.5, 0.6) is 0 Å². The number of carbonyl (C=O) groups is 1. The summed E-state index contributed by atoms with van der Waals surface area (Å²) in [6, 6.07) is 9.94. The molecule has 5 nitrogen and oxygen atoms in total. The fourth-order valence-corrected chi connectivity index (χ4v) is 3.99. The normalized spacial score (nSPS) is 26.3. The molecule has 1 aromatic heterocycles. The number of halogens is 1. The second kappa shape index (κ2) is 7.41. The number of aromatic nitrogens is 2. The van der Waals surface area contributed by atoms with Gasteiger partial charge in [-0.25, -0.2) is 0 Å². The molecule has 6 heteroatoms. The number of nitrogens with one attached hydrogen (secondary N) is 2. The van der Waals surface area contributed by atoms with E-state index in [1.807, 2.05) is 41.2 Å². The van der Waals surface area contributed by atoms with Gasteiger partial charge in [-0.15, -0.1) is 0 Å². The van der Waals surface area contributed by atoms with Crippen LogP contribution in [-0.2, 0) is 0 Å². The highest BCUT2D eigenvalue weighted by Crippen LogP contribution is 2.47. The van der Waals surface area contributed by atoms with Crippen LogP contribution in [0.15, 0.2) is 36.5 Å². The molecule has 1 amide bonds. The van der Waals surface area contributed by atoms with Crippen molar-refractivity contribution < 1.29 is 4.79 Å². The molecule has 0 spiro atoms. The molecule has 138 valence electrons. The lowest BCUT2D eigenvalue weighted by Crippen LogP contribution is -2.33. The zero-order chi connectivity index (χ0) is 18.1. The molecular formula is C20H25ClN4O. The van der Waals surface area contributed by atoms with Crippen molar-refractivity contribution in [1.29, 1.82) is 0 Å². The summed E-state index contributed by atoms with van der Waals surface area (Å²) in [6.07, 6.45) is 5.30. The Labute approximate surface area is 159 Å². The van der Waals surface area contributed by atoms with Gasteiger partial charge in [0, 0.05) is 17.8 Å². The average Bonchev–Trinajstić information content (AvgIpc) is 3.18. The van der Waals surface area contributed by atoms with Gasteiger partial charge in [-0.1, -0.05) is 30.7 Å². The molecule has 1 saturated carbocycles. The Morgan fingerprint density at radius 1 is 1.35 bits per heavy atom. The number of hydrogen-bond donors (Lipinski definition) is 2. The van der Waals surface area contributed by atoms with Crippen LogP contribution in [-0.4, -0.2) is 28.8 Å². The van der Waals surface area contributed by atoms with Crippen molar-refractivity contribution in [2.24, 2.45) is 11.8 Å². The molecule has 4 unspecified atom stereocenters. The molecule has 0 radical (unpaired) electrons. The Morgan fingerprint density at radius 2 is 2.12 bits per heavy atom. The summed E-state index contributed by atoms with van der Waals surface area (Å²) in [5, 5.41) is 11.8. The highest BCUT2D eigenvalue weighted by molar-refractivity contribution is 6.30. The van der Waals surface area contributed by atoms with E-state index in [1.54, 1.807) is 0 Å². The van der Waals surface area contributed by atoms with Crippen LogP contribution in [0.1, 0.15) is 54.3 Å². The minimum absolute atomic E-state index is 0.0104. The van der Waals surface area contributed by atoms with Gasteiger partial charge in [-0.3, -0.25) is 9.48 Å². The number of rotatable bonds is 5. The van der Waals surface area contributed by atoms with E-state index in [-0.39, 0.29) is 11.9 Å². The Hall–Kier alpha value is -1.85. The highest BCUT2D eigenvalue weighted by atomic mass is 35.5. The van der Waals surface area contributed by atoms with Gasteiger partial charge in [0.15, 0.2) is 0 Å². The molecule has 2 heterocycles. The van der Waals surface area contributed by atoms with Gasteiger partial charge in [0.25, 0.3) is 5.91 Å². The van der Waals surface area contributed by atoms with Crippen LogP contribution >= 0.6 is 11.6 Å². The lowest BCUT2D eigenvalue weighted by molar-refractivity contribution is 0.0924. The van der Waals surface area contributed by atoms with Crippen molar-refractivity contribution in [2.45, 2.75) is 38.3 Å². The van der Waals surface area contributed by atoms with Crippen LogP contribution in [0.4, 0.5) is 0 Å². The van der Waals surface area contributed by atoms with Gasteiger partial charge < -0.3 is 10.6 Å². The number of benzene rings is 1. The summed E-state index contributed by atoms with van der Waals surface area (Å²) in [5.74, 6) is 0.998. The van der Waals surface area contributed by atoms with Gasteiger partial charge in [0.1, 0.15) is 5.69 Å². The SMILES string of the molecule is CC1CC1C(NC(=O)c1ccn(C2CCCNC2)n1)c1ccc(Cl)cc1. The lowest BCUT2D eigenvalue weighted by atomic mass is 10.0. The van der Waals surface area contributed by atoms with Crippen molar-refractivity contribution in [2.75, 3.05) is 13.1 Å². The summed E-state index contributed by atoms with van der Waals surface area (Å²) < 4.78 is 1.93. The molecule has 0 bridgehead atoms. The van der Waals surface area contributed by atoms with Gasteiger partial charge in [0.2, 0.25) is 0 Å². The number of nitrogens with zero attached hydrogens (tertiary/aromatic N) is 2. The molecule has 2 aromatic rings. The molecule has 2 N–H and O–H groups in total. The van der Waals surface area contributed by atoms with Crippen LogP contribution in [0.2, 0.25) is 5.02 Å². The monoisotopic (exact) mass is 372 g/mol. The van der Waals surface area contributed by atoms with E-state index in [9.17, 15) is 4.79 Å². The first kappa shape index (κ1) is 17.6. The molecule has 1 aliphatic heterocycles. The zero-order valence-corrected chi connectivity index (χ0v) is 15.7. The summed E-state index contributed by atoms with van der Waals surface area (Å²) in [5.41, 5.74) is 1.59. The predicted molar refractivity (Wildman–Crippen MR) is 102 cm³/mol. The summed E-state index contributed by atoms with van der Waals surface area (Å²) in [6.45, 7) is 4.20. The highest BCUT2D eigenvalue weighted by Gasteiger charge is 2.41. The average molecular weight is 373 g/mol. The van der Waals surface area contributed by atoms with Gasteiger partial charge in [0.05, 0.1) is 12.1 Å². The molecule has 1 aliphatic carbocycles. The fraction of sp³-hybridized carbons (Fsp3) is 0.500. The van der Waals surface area contributed by atoms with Gasteiger partial charge in [-0.05, 0) is 61.4 Å². The quantitative estimate of drug-likeness (QED) is 0.843. The maximum atomic E-state index is 12.8. The summed E-state index contributed by atoms with van der Waals surface area (Å²) in [4.78, 5) is 12.8. The minimum Gasteiger partial charge on any atom is -0.344 e. The largest absolute Gasteiger partial charge is 0.344 e. The molecule has 1 saturated heterocycles. The van der Waals surface area contributed by atoms with Crippen molar-refractivity contribution >= 4 is 17.5 Å². The first-order valence-corrected chi connectivity index (χ1v) is 9.82. The van der Waals surface area contributed by atoms with Gasteiger partial charge >= 0.3 is 0 Å². The Balaban J connectivity index is 1.48. The van der Waals surface area contributed by atoms with Crippen LogP contribution in [0, 0.1) is 11.8 Å². The molecule has 2 aliphatic rings. The summed E-state index contributed by atoms with van der Waals surface area (Å²) >= 11 is 6.01. The number of piperidine rings is 1. The van der Waals surface area contributed by atoms with E-state index in [4.69, 9.17) is 11.6 Å². The molecule has 1 aromatic carbocycles. The third-order valence-corrected chi connectivity index (χ3v) is 5.85. The van der Waals surface area contributed by atoms with Crippen LogP contribution < -0.4 is 10.6 Å². The molecule has 2 fully saturated rings. The van der Waals surface area contributed by atoms with Gasteiger partial charge in [-0.2, -0.15) is 5.10 Å². The fourth-order valence-electron chi connectivity index (χ4n) is 3.86. The van der Waals surface area contributed by atoms with Crippen molar-refractivity contribution in [3.8, 4) is 0 Å². The standard InChI is InChI=1S/C20H25ClN4O/c1-13-11-17(13)19(14-4-6-15(21)7-5-14)23-20(26)18-8-10-25(24-18)16-3-2-9-22-12-16/h4-8,10,13,16-17,19,22H,2-3,9,11-12H2,1H3,(H,23,26). The lowest BCUT2D eigenvalue weighted by Gasteiger charge is -2.23.